The molecule has 0 aromatic heterocycles. The number of fused-ring (bicyclic) bond motifs is 1. The Bertz CT molecular complexity index is 965. The second-order valence-electron chi connectivity index (χ2n) is 14.8. The Morgan fingerprint density at radius 1 is 0.417 bits per heavy atom. The molecule has 0 aliphatic carbocycles. The molecule has 4 rings (SSSR count). The van der Waals surface area contributed by atoms with Gasteiger partial charge < -0.3 is 18.9 Å². The van der Waals surface area contributed by atoms with Crippen LogP contribution in [0, 0.1) is 0 Å². The van der Waals surface area contributed by atoms with Gasteiger partial charge in [0.1, 0.15) is 24.4 Å². The lowest BCUT2D eigenvalue weighted by Gasteiger charge is -2.18. The quantitative estimate of drug-likeness (QED) is 0.0850. The molecule has 0 bridgehead atoms. The summed E-state index contributed by atoms with van der Waals surface area (Å²) in [5.41, 5.74) is 5.30. The highest BCUT2D eigenvalue weighted by molar-refractivity contribution is 5.23. The van der Waals surface area contributed by atoms with E-state index in [1.807, 2.05) is 0 Å². The number of rotatable bonds is 28. The number of aryl methyl sites for hydroxylation is 2. The van der Waals surface area contributed by atoms with Crippen LogP contribution in [0.1, 0.15) is 165 Å². The van der Waals surface area contributed by atoms with Gasteiger partial charge in [-0.05, 0) is 47.9 Å². The van der Waals surface area contributed by atoms with E-state index in [0.717, 1.165) is 0 Å². The Hall–Kier alpha value is -1.72. The van der Waals surface area contributed by atoms with Gasteiger partial charge in [-0.1, -0.05) is 178 Å². The predicted molar refractivity (Wildman–Crippen MR) is 201 cm³/mol. The zero-order chi connectivity index (χ0) is 33.5. The van der Waals surface area contributed by atoms with Gasteiger partial charge in [0.15, 0.2) is 0 Å². The summed E-state index contributed by atoms with van der Waals surface area (Å²) in [5.74, 6) is 0. The average Bonchev–Trinajstić information content (AvgIpc) is 3.71. The van der Waals surface area contributed by atoms with E-state index in [0.29, 0.717) is 26.4 Å². The predicted octanol–water partition coefficient (Wildman–Crippen LogP) is 11.9. The van der Waals surface area contributed by atoms with Gasteiger partial charge in [0, 0.05) is 0 Å². The lowest BCUT2D eigenvalue weighted by Crippen LogP contribution is -2.34. The first-order valence-corrected chi connectivity index (χ1v) is 20.4. The first-order chi connectivity index (χ1) is 23.8. The summed E-state index contributed by atoms with van der Waals surface area (Å²) in [7, 11) is 0. The molecule has 4 atom stereocenters. The fourth-order valence-electron chi connectivity index (χ4n) is 7.36. The van der Waals surface area contributed by atoms with Crippen LogP contribution in [-0.4, -0.2) is 37.6 Å². The Morgan fingerprint density at radius 3 is 1.04 bits per heavy atom. The van der Waals surface area contributed by atoms with Gasteiger partial charge in [0.2, 0.25) is 0 Å². The van der Waals surface area contributed by atoms with Crippen LogP contribution in [0.5, 0.6) is 0 Å². The summed E-state index contributed by atoms with van der Waals surface area (Å²) in [4.78, 5) is 0. The first kappa shape index (κ1) is 39.1. The van der Waals surface area contributed by atoms with Crippen LogP contribution in [0.3, 0.4) is 0 Å². The highest BCUT2D eigenvalue weighted by atomic mass is 16.6. The van der Waals surface area contributed by atoms with Gasteiger partial charge in [-0.25, -0.2) is 0 Å². The molecule has 0 saturated carbocycles. The van der Waals surface area contributed by atoms with Crippen molar-refractivity contribution >= 4 is 0 Å². The minimum atomic E-state index is -0.0472. The first-order valence-electron chi connectivity index (χ1n) is 20.4. The van der Waals surface area contributed by atoms with Gasteiger partial charge >= 0.3 is 0 Å². The normalized spacial score (nSPS) is 20.5. The second-order valence-corrected chi connectivity index (χ2v) is 14.8. The highest BCUT2D eigenvalue weighted by Gasteiger charge is 2.48. The highest BCUT2D eigenvalue weighted by Crippen LogP contribution is 2.31. The van der Waals surface area contributed by atoms with E-state index in [9.17, 15) is 0 Å². The maximum atomic E-state index is 6.31. The third kappa shape index (κ3) is 15.0. The van der Waals surface area contributed by atoms with Crippen molar-refractivity contribution in [2.45, 2.75) is 193 Å². The van der Waals surface area contributed by atoms with Crippen molar-refractivity contribution in [3.8, 4) is 0 Å². The molecule has 0 N–H and O–H groups in total. The summed E-state index contributed by atoms with van der Waals surface area (Å²) in [6.07, 6.45) is 29.9. The molecule has 270 valence electrons. The molecule has 2 aromatic carbocycles. The van der Waals surface area contributed by atoms with Crippen LogP contribution in [0.2, 0.25) is 0 Å². The number of benzene rings is 2. The molecule has 0 amide bonds. The van der Waals surface area contributed by atoms with E-state index in [4.69, 9.17) is 18.9 Å². The second kappa shape index (κ2) is 24.4. The maximum Gasteiger partial charge on any atom is 0.115 e. The molecule has 2 saturated heterocycles. The van der Waals surface area contributed by atoms with Crippen LogP contribution >= 0.6 is 0 Å². The maximum absolute atomic E-state index is 6.31. The largest absolute Gasteiger partial charge is 0.370 e. The van der Waals surface area contributed by atoms with Crippen molar-refractivity contribution in [2.24, 2.45) is 0 Å². The molecule has 2 aromatic rings. The van der Waals surface area contributed by atoms with Crippen LogP contribution in [0.4, 0.5) is 0 Å². The van der Waals surface area contributed by atoms with Crippen molar-refractivity contribution in [1.82, 2.24) is 0 Å². The lowest BCUT2D eigenvalue weighted by atomic mass is 10.0. The molecular weight excluding hydrogens is 592 g/mol. The number of ether oxygens (including phenoxy) is 4. The third-order valence-corrected chi connectivity index (χ3v) is 10.6. The van der Waals surface area contributed by atoms with Crippen molar-refractivity contribution in [3.05, 3.63) is 70.8 Å². The molecule has 4 nitrogen and oxygen atoms in total. The van der Waals surface area contributed by atoms with Gasteiger partial charge in [-0.2, -0.15) is 0 Å². The molecule has 2 aliphatic rings. The summed E-state index contributed by atoms with van der Waals surface area (Å²) in [6, 6.07) is 18.0. The summed E-state index contributed by atoms with van der Waals surface area (Å²) < 4.78 is 24.9. The molecule has 2 fully saturated rings. The Morgan fingerprint density at radius 2 is 0.708 bits per heavy atom. The molecule has 2 heterocycles. The van der Waals surface area contributed by atoms with Crippen molar-refractivity contribution in [3.63, 3.8) is 0 Å². The zero-order valence-corrected chi connectivity index (χ0v) is 30.9. The number of unbranched alkanes of at least 4 members (excludes halogenated alkanes) is 18. The van der Waals surface area contributed by atoms with E-state index < -0.39 is 0 Å². The average molecular weight is 663 g/mol. The molecular formula is C44H70O4. The van der Waals surface area contributed by atoms with Gasteiger partial charge in [-0.3, -0.25) is 0 Å². The van der Waals surface area contributed by atoms with E-state index in [1.54, 1.807) is 0 Å². The molecule has 48 heavy (non-hydrogen) atoms. The SMILES string of the molecule is CCCCCCCCCCCCc1ccc(CO[C@H]2CO[C@H]3[C@@H]2OC[C@H]3OCc2ccc(CCCCCCCCCCCC)cc2)cc1. The Labute approximate surface area is 295 Å². The minimum absolute atomic E-state index is 0.0417. The number of hydrogen-bond acceptors (Lipinski definition) is 4. The smallest absolute Gasteiger partial charge is 0.115 e. The topological polar surface area (TPSA) is 36.9 Å². The monoisotopic (exact) mass is 663 g/mol. The van der Waals surface area contributed by atoms with Crippen molar-refractivity contribution in [1.29, 1.82) is 0 Å². The van der Waals surface area contributed by atoms with E-state index in [2.05, 4.69) is 62.4 Å². The van der Waals surface area contributed by atoms with Gasteiger partial charge in [0.25, 0.3) is 0 Å². The van der Waals surface area contributed by atoms with E-state index in [1.165, 1.54) is 164 Å². The molecule has 0 radical (unpaired) electrons. The van der Waals surface area contributed by atoms with Crippen LogP contribution < -0.4 is 0 Å². The Kier molecular flexibility index (Phi) is 19.9. The zero-order valence-electron chi connectivity index (χ0n) is 30.9. The number of hydrogen-bond donors (Lipinski definition) is 0. The summed E-state index contributed by atoms with van der Waals surface area (Å²) in [6.45, 7) is 6.90. The van der Waals surface area contributed by atoms with Gasteiger partial charge in [0.05, 0.1) is 26.4 Å². The van der Waals surface area contributed by atoms with E-state index in [-0.39, 0.29) is 24.4 Å². The van der Waals surface area contributed by atoms with Crippen LogP contribution in [0.25, 0.3) is 0 Å². The molecule has 2 aliphatic heterocycles. The van der Waals surface area contributed by atoms with E-state index >= 15 is 0 Å². The molecule has 0 spiro atoms. The lowest BCUT2D eigenvalue weighted by molar-refractivity contribution is -0.0580. The summed E-state index contributed by atoms with van der Waals surface area (Å²) in [5, 5.41) is 0. The third-order valence-electron chi connectivity index (χ3n) is 10.6. The van der Waals surface area contributed by atoms with Crippen molar-refractivity contribution < 1.29 is 18.9 Å². The van der Waals surface area contributed by atoms with Crippen LogP contribution in [-0.2, 0) is 45.0 Å². The fourth-order valence-corrected chi connectivity index (χ4v) is 7.36. The minimum Gasteiger partial charge on any atom is -0.370 e. The molecule has 4 heteroatoms. The van der Waals surface area contributed by atoms with Gasteiger partial charge in [-0.15, -0.1) is 0 Å². The standard InChI is InChI=1S/C44H70O4/c1-3-5-7-9-11-13-15-17-19-21-23-37-25-29-39(30-26-37)33-45-41-35-47-44-42(36-48-43(41)44)46-34-40-31-27-38(28-32-40)24-22-20-18-16-14-12-10-8-6-4-2/h25-32,41-44H,3-24,33-36H2,1-2H3/t41-,42+,43-,44-/m1/s1. The summed E-state index contributed by atoms with van der Waals surface area (Å²) >= 11 is 0. The fraction of sp³-hybridized carbons (Fsp3) is 0.727. The molecule has 0 unspecified atom stereocenters. The van der Waals surface area contributed by atoms with Crippen LogP contribution in [0.15, 0.2) is 48.5 Å². The van der Waals surface area contributed by atoms with Crippen molar-refractivity contribution in [2.75, 3.05) is 13.2 Å². The Balaban J connectivity index is 1.03.